The SMILES string of the molecule is Cc1ccc2nc(C)c(C(=O)N3CCN(c4ccncc4)CC3)cc2c1.O=C(O)C(F)(F)F.O=C(O)C(F)(F)F. The number of hydrogen-bond acceptors (Lipinski definition) is 6. The second-order valence-corrected chi connectivity index (χ2v) is 8.41. The van der Waals surface area contributed by atoms with Crippen LogP contribution in [0.2, 0.25) is 0 Å². The molecule has 1 aromatic carbocycles. The minimum absolute atomic E-state index is 0.0767. The lowest BCUT2D eigenvalue weighted by Gasteiger charge is -2.36. The molecule has 1 aliphatic heterocycles. The Kier molecular flexibility index (Phi) is 10.4. The molecule has 1 fully saturated rings. The summed E-state index contributed by atoms with van der Waals surface area (Å²) in [4.78, 5) is 43.8. The largest absolute Gasteiger partial charge is 0.490 e. The number of amides is 1. The van der Waals surface area contributed by atoms with E-state index in [1.54, 1.807) is 12.4 Å². The quantitative estimate of drug-likeness (QED) is 0.430. The number of anilines is 1. The number of hydrogen-bond donors (Lipinski definition) is 2. The molecular formula is C25H24F6N4O5. The molecule has 0 spiro atoms. The minimum atomic E-state index is -5.08. The van der Waals surface area contributed by atoms with Crippen LogP contribution in [0.15, 0.2) is 48.8 Å². The van der Waals surface area contributed by atoms with Crippen molar-refractivity contribution in [3.63, 3.8) is 0 Å². The number of aliphatic carboxylic acids is 2. The maximum Gasteiger partial charge on any atom is 0.490 e. The number of piperazine rings is 1. The average molecular weight is 574 g/mol. The molecule has 0 radical (unpaired) electrons. The molecule has 2 N–H and O–H groups in total. The highest BCUT2D eigenvalue weighted by molar-refractivity contribution is 5.98. The van der Waals surface area contributed by atoms with Gasteiger partial charge in [0.05, 0.1) is 16.8 Å². The zero-order valence-corrected chi connectivity index (χ0v) is 21.1. The van der Waals surface area contributed by atoms with Crippen molar-refractivity contribution in [2.75, 3.05) is 31.1 Å². The Bertz CT molecular complexity index is 1320. The fourth-order valence-corrected chi connectivity index (χ4v) is 3.50. The fourth-order valence-electron chi connectivity index (χ4n) is 3.50. The topological polar surface area (TPSA) is 124 Å². The Morgan fingerprint density at radius 2 is 1.30 bits per heavy atom. The van der Waals surface area contributed by atoms with Crippen LogP contribution < -0.4 is 4.90 Å². The zero-order valence-electron chi connectivity index (χ0n) is 21.1. The van der Waals surface area contributed by atoms with E-state index in [-0.39, 0.29) is 5.91 Å². The number of carbonyl (C=O) groups excluding carboxylic acids is 1. The van der Waals surface area contributed by atoms with Crippen LogP contribution in [0.5, 0.6) is 0 Å². The highest BCUT2D eigenvalue weighted by Crippen LogP contribution is 2.21. The number of halogens is 6. The van der Waals surface area contributed by atoms with Gasteiger partial charge in [-0.25, -0.2) is 9.59 Å². The normalized spacial score (nSPS) is 13.5. The maximum absolute atomic E-state index is 13.0. The minimum Gasteiger partial charge on any atom is -0.475 e. The standard InChI is InChI=1S/C21H22N4O.2C2HF3O2/c1-15-3-4-20-17(13-15)14-19(16(2)23-20)21(26)25-11-9-24(10-12-25)18-5-7-22-8-6-18;2*3-2(4,5)1(6)7/h3-8,13-14H,9-12H2,1-2H3;2*(H,6,7). The third-order valence-corrected chi connectivity index (χ3v) is 5.47. The molecule has 216 valence electrons. The van der Waals surface area contributed by atoms with Gasteiger partial charge < -0.3 is 20.0 Å². The van der Waals surface area contributed by atoms with E-state index in [2.05, 4.69) is 33.9 Å². The summed E-state index contributed by atoms with van der Waals surface area (Å²) in [6.45, 7) is 7.06. The lowest BCUT2D eigenvalue weighted by Crippen LogP contribution is -2.49. The molecule has 0 aliphatic carbocycles. The summed E-state index contributed by atoms with van der Waals surface area (Å²) in [6, 6.07) is 12.2. The van der Waals surface area contributed by atoms with Crippen LogP contribution in [-0.4, -0.2) is 81.5 Å². The Hall–Kier alpha value is -4.43. The second kappa shape index (κ2) is 13.1. The molecule has 40 heavy (non-hydrogen) atoms. The number of carboxylic acids is 2. The molecule has 15 heteroatoms. The lowest BCUT2D eigenvalue weighted by atomic mass is 10.1. The third-order valence-electron chi connectivity index (χ3n) is 5.47. The lowest BCUT2D eigenvalue weighted by molar-refractivity contribution is -0.193. The number of carboxylic acid groups (broad SMARTS) is 2. The Morgan fingerprint density at radius 1 is 0.800 bits per heavy atom. The Balaban J connectivity index is 0.000000333. The van der Waals surface area contributed by atoms with E-state index in [0.717, 1.165) is 35.4 Å². The molecule has 9 nitrogen and oxygen atoms in total. The fraction of sp³-hybridized carbons (Fsp3) is 0.320. The van der Waals surface area contributed by atoms with Crippen LogP contribution in [-0.2, 0) is 9.59 Å². The van der Waals surface area contributed by atoms with Gasteiger partial charge in [-0.15, -0.1) is 0 Å². The van der Waals surface area contributed by atoms with Gasteiger partial charge in [-0.05, 0) is 44.2 Å². The number of rotatable bonds is 2. The molecule has 4 rings (SSSR count). The molecule has 0 saturated carbocycles. The van der Waals surface area contributed by atoms with Crippen molar-refractivity contribution in [2.24, 2.45) is 0 Å². The second-order valence-electron chi connectivity index (χ2n) is 8.41. The van der Waals surface area contributed by atoms with E-state index in [4.69, 9.17) is 19.8 Å². The van der Waals surface area contributed by atoms with E-state index < -0.39 is 24.3 Å². The highest BCUT2D eigenvalue weighted by Gasteiger charge is 2.38. The van der Waals surface area contributed by atoms with Crippen LogP contribution in [0.1, 0.15) is 21.6 Å². The highest BCUT2D eigenvalue weighted by atomic mass is 19.4. The monoisotopic (exact) mass is 574 g/mol. The molecule has 1 saturated heterocycles. The van der Waals surface area contributed by atoms with Gasteiger partial charge in [-0.3, -0.25) is 14.8 Å². The van der Waals surface area contributed by atoms with Crippen LogP contribution in [0, 0.1) is 13.8 Å². The van der Waals surface area contributed by atoms with Crippen LogP contribution in [0.4, 0.5) is 32.0 Å². The van der Waals surface area contributed by atoms with Crippen LogP contribution in [0.25, 0.3) is 10.9 Å². The number of nitrogens with zero attached hydrogens (tertiary/aromatic N) is 4. The van der Waals surface area contributed by atoms with Crippen molar-refractivity contribution < 1.29 is 50.9 Å². The van der Waals surface area contributed by atoms with E-state index in [1.807, 2.05) is 36.1 Å². The first-order chi connectivity index (χ1) is 18.5. The summed E-state index contributed by atoms with van der Waals surface area (Å²) in [7, 11) is 0. The van der Waals surface area contributed by atoms with E-state index in [1.165, 1.54) is 5.56 Å². The van der Waals surface area contributed by atoms with Crippen LogP contribution >= 0.6 is 0 Å². The van der Waals surface area contributed by atoms with Crippen molar-refractivity contribution in [3.05, 3.63) is 65.6 Å². The Morgan fingerprint density at radius 3 is 1.77 bits per heavy atom. The molecule has 3 heterocycles. The molecule has 0 unspecified atom stereocenters. The van der Waals surface area contributed by atoms with Gasteiger partial charge >= 0.3 is 24.3 Å². The zero-order chi connectivity index (χ0) is 30.3. The summed E-state index contributed by atoms with van der Waals surface area (Å²) >= 11 is 0. The number of pyridine rings is 2. The molecule has 3 aromatic rings. The van der Waals surface area contributed by atoms with Crippen molar-refractivity contribution in [2.45, 2.75) is 26.2 Å². The number of alkyl halides is 6. The molecule has 1 aliphatic rings. The summed E-state index contributed by atoms with van der Waals surface area (Å²) in [6.07, 6.45) is -6.56. The number of benzene rings is 1. The van der Waals surface area contributed by atoms with E-state index in [0.29, 0.717) is 18.7 Å². The first kappa shape index (κ1) is 31.8. The van der Waals surface area contributed by atoms with Gasteiger partial charge in [0.2, 0.25) is 0 Å². The first-order valence-corrected chi connectivity index (χ1v) is 11.4. The van der Waals surface area contributed by atoms with Gasteiger partial charge in [-0.1, -0.05) is 11.6 Å². The Labute approximate surface area is 223 Å². The summed E-state index contributed by atoms with van der Waals surface area (Å²) in [5, 5.41) is 15.3. The van der Waals surface area contributed by atoms with E-state index >= 15 is 0 Å². The van der Waals surface area contributed by atoms with Crippen molar-refractivity contribution >= 4 is 34.4 Å². The number of aromatic nitrogens is 2. The van der Waals surface area contributed by atoms with Gasteiger partial charge in [-0.2, -0.15) is 26.3 Å². The van der Waals surface area contributed by atoms with Gasteiger partial charge in [0.15, 0.2) is 0 Å². The summed E-state index contributed by atoms with van der Waals surface area (Å²) in [5.41, 5.74) is 4.77. The molecule has 1 amide bonds. The van der Waals surface area contributed by atoms with Gasteiger partial charge in [0, 0.05) is 49.6 Å². The van der Waals surface area contributed by atoms with Crippen LogP contribution in [0.3, 0.4) is 0 Å². The summed E-state index contributed by atoms with van der Waals surface area (Å²) < 4.78 is 63.5. The average Bonchev–Trinajstić information content (AvgIpc) is 2.88. The third kappa shape index (κ3) is 9.10. The number of fused-ring (bicyclic) bond motifs is 1. The number of aryl methyl sites for hydroxylation is 2. The van der Waals surface area contributed by atoms with Crippen molar-refractivity contribution in [1.82, 2.24) is 14.9 Å². The predicted molar refractivity (Wildman–Crippen MR) is 131 cm³/mol. The van der Waals surface area contributed by atoms with Gasteiger partial charge in [0.1, 0.15) is 0 Å². The van der Waals surface area contributed by atoms with E-state index in [9.17, 15) is 31.1 Å². The summed E-state index contributed by atoms with van der Waals surface area (Å²) in [5.74, 6) is -5.44. The smallest absolute Gasteiger partial charge is 0.475 e. The maximum atomic E-state index is 13.0. The first-order valence-electron chi connectivity index (χ1n) is 11.4. The van der Waals surface area contributed by atoms with Crippen molar-refractivity contribution in [3.8, 4) is 0 Å². The molecular weight excluding hydrogens is 550 g/mol. The van der Waals surface area contributed by atoms with Crippen molar-refractivity contribution in [1.29, 1.82) is 0 Å². The van der Waals surface area contributed by atoms with Gasteiger partial charge in [0.25, 0.3) is 5.91 Å². The molecule has 0 atom stereocenters. The predicted octanol–water partition coefficient (Wildman–Crippen LogP) is 4.48. The molecule has 0 bridgehead atoms. The molecule has 2 aromatic heterocycles. The number of carbonyl (C=O) groups is 3.